The smallest absolute Gasteiger partial charge is 0.0595 e. The number of nitrogens with two attached hydrogens (primary N) is 1. The van der Waals surface area contributed by atoms with Crippen molar-refractivity contribution in [1.82, 2.24) is 5.43 Å². The molecule has 102 valence electrons. The highest BCUT2D eigenvalue weighted by Gasteiger charge is 2.11. The molecule has 0 fully saturated rings. The Labute approximate surface area is 127 Å². The zero-order valence-electron chi connectivity index (χ0n) is 10.4. The van der Waals surface area contributed by atoms with E-state index in [-0.39, 0.29) is 6.04 Å². The zero-order valence-corrected chi connectivity index (χ0v) is 12.7. The molecule has 0 saturated carbocycles. The molecule has 1 atom stereocenters. The van der Waals surface area contributed by atoms with Gasteiger partial charge in [0.2, 0.25) is 0 Å². The second-order valence-corrected chi connectivity index (χ2v) is 6.21. The first kappa shape index (κ1) is 14.8. The van der Waals surface area contributed by atoms with Gasteiger partial charge in [0.15, 0.2) is 0 Å². The Kier molecular flexibility index (Phi) is 5.67. The molecular formula is C14H16Cl2N2S. The fraction of sp³-hybridized carbons (Fsp3) is 0.286. The second-order valence-electron chi connectivity index (χ2n) is 4.36. The van der Waals surface area contributed by atoms with Crippen LogP contribution < -0.4 is 11.3 Å². The maximum atomic E-state index is 6.03. The summed E-state index contributed by atoms with van der Waals surface area (Å²) in [5.74, 6) is 5.63. The molecule has 2 aromatic rings. The first-order valence-corrected chi connectivity index (χ1v) is 7.77. The fourth-order valence-electron chi connectivity index (χ4n) is 2.01. The Balaban J connectivity index is 1.93. The lowest BCUT2D eigenvalue weighted by Gasteiger charge is -2.16. The minimum atomic E-state index is 0.106. The molecule has 0 saturated heterocycles. The lowest BCUT2D eigenvalue weighted by atomic mass is 10.0. The molecule has 0 radical (unpaired) electrons. The van der Waals surface area contributed by atoms with Crippen LogP contribution in [0.3, 0.4) is 0 Å². The Morgan fingerprint density at radius 3 is 2.68 bits per heavy atom. The lowest BCUT2D eigenvalue weighted by Crippen LogP contribution is -2.28. The summed E-state index contributed by atoms with van der Waals surface area (Å²) in [7, 11) is 0. The summed E-state index contributed by atoms with van der Waals surface area (Å²) in [6.07, 6.45) is 3.12. The summed E-state index contributed by atoms with van der Waals surface area (Å²) < 4.78 is 0. The number of benzene rings is 1. The number of aryl methyl sites for hydroxylation is 1. The standard InChI is InChI=1S/C14H16Cl2N2S/c15-12-7-6-10(9-13(12)16)14(18-17)5-1-3-11-4-2-8-19-11/h2,4,6-9,14,18H,1,3,5,17H2. The molecule has 1 heterocycles. The van der Waals surface area contributed by atoms with Gasteiger partial charge in [0, 0.05) is 10.9 Å². The third-order valence-electron chi connectivity index (χ3n) is 3.04. The van der Waals surface area contributed by atoms with Crippen molar-refractivity contribution in [2.75, 3.05) is 0 Å². The topological polar surface area (TPSA) is 38.0 Å². The van der Waals surface area contributed by atoms with E-state index < -0.39 is 0 Å². The SMILES string of the molecule is NNC(CCCc1cccs1)c1ccc(Cl)c(Cl)c1. The fourth-order valence-corrected chi connectivity index (χ4v) is 3.07. The largest absolute Gasteiger partial charge is 0.271 e. The average Bonchev–Trinajstić information content (AvgIpc) is 2.91. The first-order valence-electron chi connectivity index (χ1n) is 6.14. The van der Waals surface area contributed by atoms with E-state index in [0.29, 0.717) is 10.0 Å². The van der Waals surface area contributed by atoms with Crippen LogP contribution in [-0.4, -0.2) is 0 Å². The molecular weight excluding hydrogens is 299 g/mol. The number of nitrogens with one attached hydrogen (secondary N) is 1. The van der Waals surface area contributed by atoms with Gasteiger partial charge in [-0.05, 0) is 48.4 Å². The molecule has 1 unspecified atom stereocenters. The van der Waals surface area contributed by atoms with Crippen molar-refractivity contribution in [2.24, 2.45) is 5.84 Å². The summed E-state index contributed by atoms with van der Waals surface area (Å²) in [6.45, 7) is 0. The molecule has 0 aliphatic rings. The Morgan fingerprint density at radius 2 is 2.05 bits per heavy atom. The van der Waals surface area contributed by atoms with Gasteiger partial charge in [-0.2, -0.15) is 0 Å². The van der Waals surface area contributed by atoms with E-state index in [9.17, 15) is 0 Å². The number of hydrogen-bond donors (Lipinski definition) is 2. The third-order valence-corrected chi connectivity index (χ3v) is 4.72. The van der Waals surface area contributed by atoms with Crippen LogP contribution in [0.25, 0.3) is 0 Å². The van der Waals surface area contributed by atoms with Gasteiger partial charge < -0.3 is 0 Å². The van der Waals surface area contributed by atoms with Crippen molar-refractivity contribution >= 4 is 34.5 Å². The molecule has 0 aliphatic carbocycles. The molecule has 0 spiro atoms. The van der Waals surface area contributed by atoms with Crippen molar-refractivity contribution in [3.8, 4) is 0 Å². The highest BCUT2D eigenvalue weighted by molar-refractivity contribution is 7.09. The van der Waals surface area contributed by atoms with Crippen molar-refractivity contribution in [3.05, 3.63) is 56.2 Å². The number of halogens is 2. The summed E-state index contributed by atoms with van der Waals surface area (Å²) in [5.41, 5.74) is 3.92. The zero-order chi connectivity index (χ0) is 13.7. The summed E-state index contributed by atoms with van der Waals surface area (Å²) >= 11 is 13.7. The highest BCUT2D eigenvalue weighted by Crippen LogP contribution is 2.27. The molecule has 1 aromatic carbocycles. The van der Waals surface area contributed by atoms with Crippen LogP contribution in [0.2, 0.25) is 10.0 Å². The van der Waals surface area contributed by atoms with E-state index in [1.807, 2.05) is 18.2 Å². The molecule has 2 nitrogen and oxygen atoms in total. The van der Waals surface area contributed by atoms with E-state index in [2.05, 4.69) is 22.9 Å². The van der Waals surface area contributed by atoms with Gasteiger partial charge in [-0.15, -0.1) is 11.3 Å². The maximum absolute atomic E-state index is 6.03. The van der Waals surface area contributed by atoms with Gasteiger partial charge in [0.1, 0.15) is 0 Å². The Bertz CT molecular complexity index is 514. The van der Waals surface area contributed by atoms with E-state index in [4.69, 9.17) is 29.0 Å². The van der Waals surface area contributed by atoms with E-state index in [1.54, 1.807) is 11.3 Å². The minimum Gasteiger partial charge on any atom is -0.271 e. The molecule has 19 heavy (non-hydrogen) atoms. The third kappa shape index (κ3) is 4.20. The van der Waals surface area contributed by atoms with Gasteiger partial charge >= 0.3 is 0 Å². The van der Waals surface area contributed by atoms with Crippen LogP contribution in [0.1, 0.15) is 29.3 Å². The number of hydrogen-bond acceptors (Lipinski definition) is 3. The van der Waals surface area contributed by atoms with Gasteiger partial charge in [-0.3, -0.25) is 11.3 Å². The average molecular weight is 315 g/mol. The number of thiophene rings is 1. The monoisotopic (exact) mass is 314 g/mol. The molecule has 2 rings (SSSR count). The van der Waals surface area contributed by atoms with Crippen LogP contribution in [0, 0.1) is 0 Å². The number of hydrazine groups is 1. The van der Waals surface area contributed by atoms with Crippen LogP contribution >= 0.6 is 34.5 Å². The van der Waals surface area contributed by atoms with Crippen LogP contribution in [-0.2, 0) is 6.42 Å². The molecule has 0 amide bonds. The Morgan fingerprint density at radius 1 is 1.21 bits per heavy atom. The van der Waals surface area contributed by atoms with Crippen molar-refractivity contribution in [3.63, 3.8) is 0 Å². The van der Waals surface area contributed by atoms with E-state index >= 15 is 0 Å². The minimum absolute atomic E-state index is 0.106. The summed E-state index contributed by atoms with van der Waals surface area (Å²) in [6, 6.07) is 9.99. The normalized spacial score (nSPS) is 12.6. The highest BCUT2D eigenvalue weighted by atomic mass is 35.5. The van der Waals surface area contributed by atoms with Crippen molar-refractivity contribution < 1.29 is 0 Å². The van der Waals surface area contributed by atoms with Crippen molar-refractivity contribution in [2.45, 2.75) is 25.3 Å². The second kappa shape index (κ2) is 7.27. The predicted molar refractivity (Wildman–Crippen MR) is 83.8 cm³/mol. The van der Waals surface area contributed by atoms with Gasteiger partial charge in [0.25, 0.3) is 0 Å². The lowest BCUT2D eigenvalue weighted by molar-refractivity contribution is 0.499. The van der Waals surface area contributed by atoms with Crippen LogP contribution in [0.4, 0.5) is 0 Å². The van der Waals surface area contributed by atoms with Crippen LogP contribution in [0.5, 0.6) is 0 Å². The molecule has 3 N–H and O–H groups in total. The molecule has 1 aromatic heterocycles. The summed E-state index contributed by atoms with van der Waals surface area (Å²) in [4.78, 5) is 1.41. The van der Waals surface area contributed by atoms with Gasteiger partial charge in [0.05, 0.1) is 10.0 Å². The number of rotatable bonds is 6. The predicted octanol–water partition coefficient (Wildman–Crippen LogP) is 4.58. The van der Waals surface area contributed by atoms with E-state index in [1.165, 1.54) is 4.88 Å². The molecule has 5 heteroatoms. The van der Waals surface area contributed by atoms with Crippen molar-refractivity contribution in [1.29, 1.82) is 0 Å². The Hall–Kier alpha value is -0.580. The summed E-state index contributed by atoms with van der Waals surface area (Å²) in [5, 5.41) is 3.24. The van der Waals surface area contributed by atoms with Crippen LogP contribution in [0.15, 0.2) is 35.7 Å². The quantitative estimate of drug-likeness (QED) is 0.605. The maximum Gasteiger partial charge on any atom is 0.0595 e. The first-order chi connectivity index (χ1) is 9.20. The molecule has 0 bridgehead atoms. The van der Waals surface area contributed by atoms with Gasteiger partial charge in [-0.1, -0.05) is 35.3 Å². The van der Waals surface area contributed by atoms with Gasteiger partial charge in [-0.25, -0.2) is 0 Å². The molecule has 0 aliphatic heterocycles. The van der Waals surface area contributed by atoms with E-state index in [0.717, 1.165) is 24.8 Å².